The van der Waals surface area contributed by atoms with Gasteiger partial charge < -0.3 is 9.73 Å². The second-order valence-corrected chi connectivity index (χ2v) is 11.6. The fourth-order valence-corrected chi connectivity index (χ4v) is 6.05. The van der Waals surface area contributed by atoms with E-state index in [1.807, 2.05) is 23.0 Å². The Labute approximate surface area is 222 Å². The van der Waals surface area contributed by atoms with Crippen LogP contribution in [0.5, 0.6) is 0 Å². The summed E-state index contributed by atoms with van der Waals surface area (Å²) in [5.41, 5.74) is 4.51. The van der Waals surface area contributed by atoms with Crippen molar-refractivity contribution in [2.75, 3.05) is 12.3 Å². The number of hydrogen-bond donors (Lipinski definition) is 2. The zero-order chi connectivity index (χ0) is 26.2. The minimum Gasteiger partial charge on any atom is -0.408 e. The molecule has 0 bridgehead atoms. The van der Waals surface area contributed by atoms with E-state index in [2.05, 4.69) is 15.4 Å². The molecule has 0 aliphatic heterocycles. The lowest BCUT2D eigenvalue weighted by atomic mass is 9.92. The van der Waals surface area contributed by atoms with Crippen LogP contribution in [0.4, 0.5) is 0 Å². The number of allylic oxidation sites excluding steroid dienone is 1. The van der Waals surface area contributed by atoms with Gasteiger partial charge in [0.15, 0.2) is 15.4 Å². The molecule has 1 aliphatic carbocycles. The van der Waals surface area contributed by atoms with Crippen molar-refractivity contribution in [2.24, 2.45) is 0 Å². The van der Waals surface area contributed by atoms with E-state index in [1.54, 1.807) is 12.1 Å². The molecule has 0 fully saturated rings. The molecule has 1 aliphatic rings. The Morgan fingerprint density at radius 1 is 1.19 bits per heavy atom. The number of H-pyrrole nitrogens is 1. The standard InChI is InChI=1S/C25H22Cl2N4O5S/c26-18-5-4-17(20(27)10-18)13-31-24-15(2-1-3-16(24)12-29-31)8-9-28-23(32)14-37(34,35)19-6-7-21-22(11-19)36-25(33)30-21/h4-8,10-12H,1-3,9,13-14H2,(H,28,32)(H,30,33)/b15-8+. The third-order valence-corrected chi connectivity index (χ3v) is 8.37. The fourth-order valence-electron chi connectivity index (χ4n) is 4.41. The maximum absolute atomic E-state index is 12.7. The average molecular weight is 561 g/mol. The summed E-state index contributed by atoms with van der Waals surface area (Å²) >= 11 is 12.4. The van der Waals surface area contributed by atoms with Gasteiger partial charge in [-0.05, 0) is 60.2 Å². The number of sulfone groups is 1. The first-order chi connectivity index (χ1) is 17.7. The molecule has 0 spiro atoms. The Kier molecular flexibility index (Phi) is 6.98. The summed E-state index contributed by atoms with van der Waals surface area (Å²) in [5.74, 6) is -2.04. The number of aromatic nitrogens is 3. The summed E-state index contributed by atoms with van der Waals surface area (Å²) in [5, 5.41) is 8.33. The van der Waals surface area contributed by atoms with Crippen molar-refractivity contribution < 1.29 is 17.6 Å². The van der Waals surface area contributed by atoms with Crippen LogP contribution in [0, 0.1) is 0 Å². The van der Waals surface area contributed by atoms with Gasteiger partial charge in [0, 0.05) is 22.7 Å². The molecule has 0 radical (unpaired) electrons. The van der Waals surface area contributed by atoms with Gasteiger partial charge in [0.2, 0.25) is 5.91 Å². The van der Waals surface area contributed by atoms with Crippen LogP contribution in [-0.2, 0) is 27.6 Å². The molecular formula is C25H22Cl2N4O5S. The van der Waals surface area contributed by atoms with Crippen LogP contribution in [0.1, 0.15) is 29.7 Å². The SMILES string of the molecule is O=C(CS(=O)(=O)c1ccc2[nH]c(=O)oc2c1)NC/C=C1\CCCc2cnn(Cc3ccc(Cl)cc3Cl)c21. The maximum atomic E-state index is 12.7. The monoisotopic (exact) mass is 560 g/mol. The Balaban J connectivity index is 1.27. The van der Waals surface area contributed by atoms with Gasteiger partial charge in [-0.2, -0.15) is 5.10 Å². The van der Waals surface area contributed by atoms with E-state index in [-0.39, 0.29) is 17.0 Å². The van der Waals surface area contributed by atoms with E-state index in [0.717, 1.165) is 41.7 Å². The van der Waals surface area contributed by atoms with Crippen LogP contribution in [0.3, 0.4) is 0 Å². The molecule has 0 saturated heterocycles. The summed E-state index contributed by atoms with van der Waals surface area (Å²) in [4.78, 5) is 26.1. The van der Waals surface area contributed by atoms with Crippen molar-refractivity contribution in [2.45, 2.75) is 30.7 Å². The lowest BCUT2D eigenvalue weighted by Crippen LogP contribution is -2.30. The zero-order valence-electron chi connectivity index (χ0n) is 19.5. The van der Waals surface area contributed by atoms with E-state index in [9.17, 15) is 18.0 Å². The van der Waals surface area contributed by atoms with Crippen LogP contribution in [0.25, 0.3) is 16.7 Å². The van der Waals surface area contributed by atoms with E-state index in [1.165, 1.54) is 18.2 Å². The van der Waals surface area contributed by atoms with Crippen LogP contribution in [-0.4, -0.2) is 41.4 Å². The molecule has 2 aromatic carbocycles. The summed E-state index contributed by atoms with van der Waals surface area (Å²) in [6.45, 7) is 0.640. The number of carbonyl (C=O) groups excluding carboxylic acids is 1. The smallest absolute Gasteiger partial charge is 0.408 e. The number of nitrogens with zero attached hydrogens (tertiary/aromatic N) is 2. The zero-order valence-corrected chi connectivity index (χ0v) is 21.8. The second-order valence-electron chi connectivity index (χ2n) is 8.73. The number of amides is 1. The van der Waals surface area contributed by atoms with Gasteiger partial charge >= 0.3 is 5.76 Å². The first-order valence-corrected chi connectivity index (χ1v) is 13.9. The number of hydrogen-bond acceptors (Lipinski definition) is 6. The third-order valence-electron chi connectivity index (χ3n) is 6.17. The third kappa shape index (κ3) is 5.51. The molecule has 2 heterocycles. The van der Waals surface area contributed by atoms with Crippen molar-refractivity contribution in [1.29, 1.82) is 0 Å². The van der Waals surface area contributed by atoms with Gasteiger partial charge in [-0.1, -0.05) is 35.3 Å². The van der Waals surface area contributed by atoms with Crippen molar-refractivity contribution >= 4 is 55.6 Å². The minimum absolute atomic E-state index is 0.0991. The number of rotatable bonds is 7. The highest BCUT2D eigenvalue weighted by molar-refractivity contribution is 7.92. The number of carbonyl (C=O) groups is 1. The largest absolute Gasteiger partial charge is 0.417 e. The van der Waals surface area contributed by atoms with Gasteiger partial charge in [-0.15, -0.1) is 0 Å². The summed E-state index contributed by atoms with van der Waals surface area (Å²) in [6, 6.07) is 9.33. The molecule has 0 saturated carbocycles. The van der Waals surface area contributed by atoms with E-state index >= 15 is 0 Å². The summed E-state index contributed by atoms with van der Waals surface area (Å²) < 4.78 is 32.2. The molecule has 1 amide bonds. The van der Waals surface area contributed by atoms with E-state index in [4.69, 9.17) is 27.6 Å². The number of benzene rings is 2. The molecule has 0 atom stereocenters. The molecule has 2 N–H and O–H groups in total. The molecule has 9 nitrogen and oxygen atoms in total. The van der Waals surface area contributed by atoms with Crippen molar-refractivity contribution in [3.8, 4) is 0 Å². The highest BCUT2D eigenvalue weighted by atomic mass is 35.5. The molecule has 192 valence electrons. The fraction of sp³-hybridized carbons (Fsp3) is 0.240. The second kappa shape index (κ2) is 10.2. The van der Waals surface area contributed by atoms with Crippen molar-refractivity contribution in [1.82, 2.24) is 20.1 Å². The first-order valence-electron chi connectivity index (χ1n) is 11.5. The molecule has 2 aromatic heterocycles. The van der Waals surface area contributed by atoms with Crippen molar-refractivity contribution in [3.63, 3.8) is 0 Å². The lowest BCUT2D eigenvalue weighted by molar-refractivity contribution is -0.118. The predicted octanol–water partition coefficient (Wildman–Crippen LogP) is 3.98. The Bertz CT molecular complexity index is 1700. The van der Waals surface area contributed by atoms with Gasteiger partial charge in [0.05, 0.1) is 28.8 Å². The van der Waals surface area contributed by atoms with Gasteiger partial charge in [-0.3, -0.25) is 14.5 Å². The highest BCUT2D eigenvalue weighted by Gasteiger charge is 2.22. The van der Waals surface area contributed by atoms with Gasteiger partial charge in [-0.25, -0.2) is 13.2 Å². The van der Waals surface area contributed by atoms with Gasteiger partial charge in [0.1, 0.15) is 5.75 Å². The first kappa shape index (κ1) is 25.3. The Morgan fingerprint density at radius 2 is 2.03 bits per heavy atom. The van der Waals surface area contributed by atoms with Crippen LogP contribution >= 0.6 is 23.2 Å². The lowest BCUT2D eigenvalue weighted by Gasteiger charge is -2.18. The highest BCUT2D eigenvalue weighted by Crippen LogP contribution is 2.32. The van der Waals surface area contributed by atoms with Gasteiger partial charge in [0.25, 0.3) is 0 Å². The number of halogens is 2. The predicted molar refractivity (Wildman–Crippen MR) is 141 cm³/mol. The Hall–Kier alpha value is -3.34. The number of fused-ring (bicyclic) bond motifs is 2. The van der Waals surface area contributed by atoms with E-state index < -0.39 is 27.3 Å². The summed E-state index contributed by atoms with van der Waals surface area (Å²) in [6.07, 6.45) is 6.40. The topological polar surface area (TPSA) is 127 Å². The number of oxazole rings is 1. The number of aryl methyl sites for hydroxylation is 1. The summed E-state index contributed by atoms with van der Waals surface area (Å²) in [7, 11) is -3.93. The van der Waals surface area contributed by atoms with Crippen LogP contribution in [0.15, 0.2) is 62.8 Å². The number of aromatic amines is 1. The van der Waals surface area contributed by atoms with Crippen molar-refractivity contribution in [3.05, 3.63) is 86.1 Å². The molecule has 4 aromatic rings. The van der Waals surface area contributed by atoms with Crippen LogP contribution in [0.2, 0.25) is 10.0 Å². The maximum Gasteiger partial charge on any atom is 0.417 e. The molecule has 12 heteroatoms. The number of nitrogens with one attached hydrogen (secondary N) is 2. The molecule has 0 unspecified atom stereocenters. The molecule has 5 rings (SSSR count). The van der Waals surface area contributed by atoms with Crippen LogP contribution < -0.4 is 11.1 Å². The molecular weight excluding hydrogens is 539 g/mol. The Morgan fingerprint density at radius 3 is 2.84 bits per heavy atom. The minimum atomic E-state index is -3.93. The normalized spacial score (nSPS) is 14.7. The quantitative estimate of drug-likeness (QED) is 0.352. The average Bonchev–Trinajstić information content (AvgIpc) is 3.42. The van der Waals surface area contributed by atoms with E-state index in [0.29, 0.717) is 22.1 Å². The molecule has 37 heavy (non-hydrogen) atoms.